The van der Waals surface area contributed by atoms with Crippen molar-refractivity contribution in [1.29, 1.82) is 0 Å². The highest BCUT2D eigenvalue weighted by molar-refractivity contribution is 5.37. The Kier molecular flexibility index (Phi) is 2.67. The summed E-state index contributed by atoms with van der Waals surface area (Å²) >= 11 is 0. The zero-order valence-corrected chi connectivity index (χ0v) is 10.9. The summed E-state index contributed by atoms with van der Waals surface area (Å²) < 4.78 is 0. The van der Waals surface area contributed by atoms with E-state index in [1.807, 2.05) is 0 Å². The molecule has 3 nitrogen and oxygen atoms in total. The van der Waals surface area contributed by atoms with Crippen LogP contribution in [0.25, 0.3) is 0 Å². The molecular formula is C16H19N3. The Morgan fingerprint density at radius 2 is 2.00 bits per heavy atom. The molecule has 0 radical (unpaired) electrons. The molecule has 3 heteroatoms. The fourth-order valence-electron chi connectivity index (χ4n) is 3.35. The molecule has 0 spiro atoms. The van der Waals surface area contributed by atoms with Crippen molar-refractivity contribution in [3.05, 3.63) is 59.3 Å². The maximum Gasteiger partial charge on any atom is 0.103 e. The molecule has 2 heterocycles. The zero-order chi connectivity index (χ0) is 12.7. The van der Waals surface area contributed by atoms with Crippen molar-refractivity contribution in [2.45, 2.75) is 18.6 Å². The van der Waals surface area contributed by atoms with Crippen LogP contribution >= 0.6 is 0 Å². The predicted octanol–water partition coefficient (Wildman–Crippen LogP) is 1.68. The van der Waals surface area contributed by atoms with Crippen molar-refractivity contribution in [3.63, 3.8) is 0 Å². The maximum absolute atomic E-state index is 3.71. The van der Waals surface area contributed by atoms with Crippen LogP contribution in [0.15, 0.2) is 53.8 Å². The van der Waals surface area contributed by atoms with Crippen LogP contribution in [-0.4, -0.2) is 19.1 Å². The Balaban J connectivity index is 1.59. The van der Waals surface area contributed by atoms with Gasteiger partial charge in [-0.15, -0.1) is 0 Å². The SMILES string of the molecule is C1=C2C=C3NC(c4ccccc4)NC3CC2CNC1. The van der Waals surface area contributed by atoms with Gasteiger partial charge in [0.25, 0.3) is 0 Å². The Bertz CT molecular complexity index is 532. The van der Waals surface area contributed by atoms with Crippen LogP contribution in [0.3, 0.4) is 0 Å². The van der Waals surface area contributed by atoms with E-state index >= 15 is 0 Å². The van der Waals surface area contributed by atoms with Gasteiger partial charge in [0.1, 0.15) is 6.17 Å². The second-order valence-corrected chi connectivity index (χ2v) is 5.60. The maximum atomic E-state index is 3.71. The first-order chi connectivity index (χ1) is 9.40. The number of nitrogens with one attached hydrogen (secondary N) is 3. The van der Waals surface area contributed by atoms with Crippen LogP contribution in [0.4, 0.5) is 0 Å². The molecule has 1 aliphatic carbocycles. The second kappa shape index (κ2) is 4.51. The number of rotatable bonds is 1. The van der Waals surface area contributed by atoms with Crippen molar-refractivity contribution in [1.82, 2.24) is 16.0 Å². The summed E-state index contributed by atoms with van der Waals surface area (Å²) in [7, 11) is 0. The fraction of sp³-hybridized carbons (Fsp3) is 0.375. The minimum atomic E-state index is 0.256. The fourth-order valence-corrected chi connectivity index (χ4v) is 3.35. The van der Waals surface area contributed by atoms with E-state index in [0.717, 1.165) is 13.1 Å². The topological polar surface area (TPSA) is 36.1 Å². The molecule has 98 valence electrons. The third-order valence-electron chi connectivity index (χ3n) is 4.37. The van der Waals surface area contributed by atoms with E-state index in [4.69, 9.17) is 0 Å². The lowest BCUT2D eigenvalue weighted by Gasteiger charge is -2.30. The summed E-state index contributed by atoms with van der Waals surface area (Å²) in [5.74, 6) is 0.673. The molecule has 1 saturated heterocycles. The highest BCUT2D eigenvalue weighted by atomic mass is 15.2. The summed E-state index contributed by atoms with van der Waals surface area (Å²) in [6.45, 7) is 2.12. The Hall–Kier alpha value is -1.58. The molecule has 4 rings (SSSR count). The van der Waals surface area contributed by atoms with Gasteiger partial charge in [-0.3, -0.25) is 5.32 Å². The van der Waals surface area contributed by atoms with Gasteiger partial charge in [0.15, 0.2) is 0 Å². The zero-order valence-electron chi connectivity index (χ0n) is 10.9. The van der Waals surface area contributed by atoms with Gasteiger partial charge in [-0.2, -0.15) is 0 Å². The Labute approximate surface area is 113 Å². The molecule has 3 atom stereocenters. The lowest BCUT2D eigenvalue weighted by molar-refractivity contribution is 0.427. The second-order valence-electron chi connectivity index (χ2n) is 5.60. The van der Waals surface area contributed by atoms with E-state index in [9.17, 15) is 0 Å². The molecule has 3 N–H and O–H groups in total. The molecule has 1 fully saturated rings. The first-order valence-electron chi connectivity index (χ1n) is 7.10. The van der Waals surface area contributed by atoms with Gasteiger partial charge in [-0.1, -0.05) is 36.4 Å². The van der Waals surface area contributed by atoms with E-state index in [-0.39, 0.29) is 6.17 Å². The van der Waals surface area contributed by atoms with Gasteiger partial charge in [0.05, 0.1) is 0 Å². The van der Waals surface area contributed by atoms with Crippen LogP contribution in [-0.2, 0) is 0 Å². The minimum absolute atomic E-state index is 0.256. The van der Waals surface area contributed by atoms with Crippen molar-refractivity contribution < 1.29 is 0 Å². The standard InChI is InChI=1S/C16H19N3/c1-2-4-11(5-3-1)16-18-14-8-12-6-7-17-10-13(12)9-15(14)19-16/h1-6,8,13,15-19H,7,9-10H2. The number of fused-ring (bicyclic) bond motifs is 2. The van der Waals surface area contributed by atoms with E-state index in [0.29, 0.717) is 12.0 Å². The monoisotopic (exact) mass is 253 g/mol. The lowest BCUT2D eigenvalue weighted by Crippen LogP contribution is -2.37. The van der Waals surface area contributed by atoms with Gasteiger partial charge >= 0.3 is 0 Å². The molecular weight excluding hydrogens is 234 g/mol. The first-order valence-corrected chi connectivity index (χ1v) is 7.10. The van der Waals surface area contributed by atoms with E-state index in [1.165, 1.54) is 23.3 Å². The van der Waals surface area contributed by atoms with Crippen LogP contribution in [0.2, 0.25) is 0 Å². The lowest BCUT2D eigenvalue weighted by atomic mass is 9.83. The number of allylic oxidation sites excluding steroid dienone is 1. The summed E-state index contributed by atoms with van der Waals surface area (Å²) in [4.78, 5) is 0. The smallest absolute Gasteiger partial charge is 0.103 e. The third-order valence-corrected chi connectivity index (χ3v) is 4.37. The molecule has 1 aromatic carbocycles. The summed E-state index contributed by atoms with van der Waals surface area (Å²) in [5.41, 5.74) is 4.18. The Morgan fingerprint density at radius 1 is 1.11 bits per heavy atom. The molecule has 0 aromatic heterocycles. The highest BCUT2D eigenvalue weighted by Gasteiger charge is 2.35. The Morgan fingerprint density at radius 3 is 2.89 bits per heavy atom. The molecule has 3 unspecified atom stereocenters. The van der Waals surface area contributed by atoms with Crippen LogP contribution in [0.5, 0.6) is 0 Å². The van der Waals surface area contributed by atoms with Gasteiger partial charge in [-0.05, 0) is 29.6 Å². The van der Waals surface area contributed by atoms with E-state index in [2.05, 4.69) is 58.4 Å². The molecule has 0 amide bonds. The molecule has 2 aliphatic heterocycles. The van der Waals surface area contributed by atoms with Gasteiger partial charge in [0, 0.05) is 24.8 Å². The molecule has 0 saturated carbocycles. The summed E-state index contributed by atoms with van der Waals surface area (Å²) in [5, 5.41) is 10.8. The molecule has 19 heavy (non-hydrogen) atoms. The van der Waals surface area contributed by atoms with Gasteiger partial charge in [0.2, 0.25) is 0 Å². The van der Waals surface area contributed by atoms with Crippen LogP contribution < -0.4 is 16.0 Å². The number of hydrogen-bond donors (Lipinski definition) is 3. The van der Waals surface area contributed by atoms with E-state index in [1.54, 1.807) is 0 Å². The average Bonchev–Trinajstić information content (AvgIpc) is 2.88. The van der Waals surface area contributed by atoms with Gasteiger partial charge < -0.3 is 10.6 Å². The van der Waals surface area contributed by atoms with Crippen molar-refractivity contribution in [2.75, 3.05) is 13.1 Å². The van der Waals surface area contributed by atoms with Crippen LogP contribution in [0.1, 0.15) is 18.2 Å². The van der Waals surface area contributed by atoms with Crippen molar-refractivity contribution in [3.8, 4) is 0 Å². The summed E-state index contributed by atoms with van der Waals surface area (Å²) in [6.07, 6.45) is 6.14. The highest BCUT2D eigenvalue weighted by Crippen LogP contribution is 2.33. The largest absolute Gasteiger partial charge is 0.368 e. The molecule has 0 bridgehead atoms. The van der Waals surface area contributed by atoms with Gasteiger partial charge in [-0.25, -0.2) is 0 Å². The average molecular weight is 253 g/mol. The quantitative estimate of drug-likeness (QED) is 0.712. The van der Waals surface area contributed by atoms with Crippen molar-refractivity contribution in [2.24, 2.45) is 5.92 Å². The molecule has 3 aliphatic rings. The first kappa shape index (κ1) is 11.3. The minimum Gasteiger partial charge on any atom is -0.368 e. The van der Waals surface area contributed by atoms with Crippen LogP contribution in [0, 0.1) is 5.92 Å². The van der Waals surface area contributed by atoms with E-state index < -0.39 is 0 Å². The molecule has 1 aromatic rings. The summed E-state index contributed by atoms with van der Waals surface area (Å²) in [6, 6.07) is 11.1. The third kappa shape index (κ3) is 1.99. The normalized spacial score (nSPS) is 32.7. The van der Waals surface area contributed by atoms with Crippen molar-refractivity contribution >= 4 is 0 Å². The number of benzene rings is 1. The number of hydrogen-bond acceptors (Lipinski definition) is 3. The predicted molar refractivity (Wildman–Crippen MR) is 76.4 cm³/mol.